The van der Waals surface area contributed by atoms with Crippen molar-refractivity contribution < 1.29 is 0 Å². The van der Waals surface area contributed by atoms with E-state index in [1.54, 1.807) is 0 Å². The van der Waals surface area contributed by atoms with Gasteiger partial charge in [0.05, 0.1) is 8.86 Å². The van der Waals surface area contributed by atoms with Crippen LogP contribution < -0.4 is 0 Å². The Morgan fingerprint density at radius 1 is 0.875 bits per heavy atom. The molecule has 2 aromatic carbocycles. The average Bonchev–Trinajstić information content (AvgIpc) is 2.42. The summed E-state index contributed by atoms with van der Waals surface area (Å²) in [6.45, 7) is 2.20. The molecule has 0 aromatic heterocycles. The Bertz CT molecular complexity index is 412. The van der Waals surface area contributed by atoms with E-state index < -0.39 is 0 Å². The standard InChI is InChI=1S/C14H14.BrH3Si/c1-2-12-8-6-7-11-14(12)13-9-4-3-5-10-13;1-2/h3-11H,2H2,1H3;2H3. The molecule has 0 N–H and O–H groups in total. The lowest BCUT2D eigenvalue weighted by molar-refractivity contribution is 1.14. The van der Waals surface area contributed by atoms with E-state index in [4.69, 9.17) is 0 Å². The zero-order chi connectivity index (χ0) is 11.8. The molecule has 0 atom stereocenters. The van der Waals surface area contributed by atoms with Crippen molar-refractivity contribution in [2.24, 2.45) is 0 Å². The van der Waals surface area contributed by atoms with Crippen LogP contribution in [0.2, 0.25) is 0 Å². The number of benzene rings is 2. The first kappa shape index (κ1) is 13.2. The van der Waals surface area contributed by atoms with Crippen LogP contribution in [0, 0.1) is 0 Å². The molecule has 0 amide bonds. The molecule has 0 aliphatic carbocycles. The maximum atomic E-state index is 3.08. The first-order valence-electron chi connectivity index (χ1n) is 5.43. The first-order chi connectivity index (χ1) is 7.92. The van der Waals surface area contributed by atoms with E-state index in [1.165, 1.54) is 16.7 Å². The lowest BCUT2D eigenvalue weighted by Gasteiger charge is -2.06. The zero-order valence-corrected chi connectivity index (χ0v) is 13.4. The van der Waals surface area contributed by atoms with Gasteiger partial charge in [0.15, 0.2) is 0 Å². The Morgan fingerprint density at radius 2 is 1.44 bits per heavy atom. The molecule has 0 saturated carbocycles. The maximum absolute atomic E-state index is 3.08. The highest BCUT2D eigenvalue weighted by atomic mass is 79.9. The van der Waals surface area contributed by atoms with Crippen LogP contribution in [0.25, 0.3) is 11.1 Å². The van der Waals surface area contributed by atoms with E-state index in [0.29, 0.717) is 0 Å². The largest absolute Gasteiger partial charge is 0.140 e. The van der Waals surface area contributed by atoms with Crippen molar-refractivity contribution in [3.63, 3.8) is 0 Å². The van der Waals surface area contributed by atoms with E-state index >= 15 is 0 Å². The van der Waals surface area contributed by atoms with Crippen molar-refractivity contribution >= 4 is 24.2 Å². The summed E-state index contributed by atoms with van der Waals surface area (Å²) in [5.41, 5.74) is 4.08. The molecule has 0 unspecified atom stereocenters. The van der Waals surface area contributed by atoms with Crippen LogP contribution in [0.3, 0.4) is 0 Å². The number of halogens is 1. The van der Waals surface area contributed by atoms with Gasteiger partial charge < -0.3 is 0 Å². The second-order valence-corrected chi connectivity index (χ2v) is 3.38. The smallest absolute Gasteiger partial charge is 0.0825 e. The quantitative estimate of drug-likeness (QED) is 0.586. The Balaban J connectivity index is 0.000000606. The van der Waals surface area contributed by atoms with Crippen LogP contribution >= 0.6 is 15.3 Å². The Hall–Kier alpha value is -0.863. The molecular formula is C14H17BrSi. The van der Waals surface area contributed by atoms with E-state index in [2.05, 4.69) is 76.8 Å². The van der Waals surface area contributed by atoms with Crippen LogP contribution in [-0.4, -0.2) is 8.86 Å². The van der Waals surface area contributed by atoms with Crippen LogP contribution in [0.5, 0.6) is 0 Å². The number of hydrogen-bond donors (Lipinski definition) is 0. The molecule has 0 spiro atoms. The van der Waals surface area contributed by atoms with Crippen LogP contribution in [0.15, 0.2) is 54.6 Å². The van der Waals surface area contributed by atoms with Crippen LogP contribution in [0.1, 0.15) is 12.5 Å². The summed E-state index contributed by atoms with van der Waals surface area (Å²) in [6.07, 6.45) is 1.09. The summed E-state index contributed by atoms with van der Waals surface area (Å²) in [5, 5.41) is 0. The predicted molar refractivity (Wildman–Crippen MR) is 80.1 cm³/mol. The van der Waals surface area contributed by atoms with Gasteiger partial charge in [-0.3, -0.25) is 0 Å². The topological polar surface area (TPSA) is 0 Å². The molecule has 0 aliphatic heterocycles. The molecule has 0 heterocycles. The SMILES string of the molecule is CCc1ccccc1-c1ccccc1.[SiH3]Br. The number of rotatable bonds is 2. The lowest BCUT2D eigenvalue weighted by Crippen LogP contribution is -1.85. The summed E-state index contributed by atoms with van der Waals surface area (Å²) in [5.74, 6) is 0. The average molecular weight is 293 g/mol. The fourth-order valence-electron chi connectivity index (χ4n) is 1.73. The number of hydrogen-bond acceptors (Lipinski definition) is 0. The van der Waals surface area contributed by atoms with E-state index in [9.17, 15) is 0 Å². The Kier molecular flexibility index (Phi) is 6.12. The molecule has 0 aliphatic rings. The zero-order valence-electron chi connectivity index (χ0n) is 9.78. The highest BCUT2D eigenvalue weighted by molar-refractivity contribution is 9.22. The second-order valence-electron chi connectivity index (χ2n) is 3.38. The third-order valence-electron chi connectivity index (χ3n) is 2.48. The first-order valence-corrected chi connectivity index (χ1v) is 10.9. The van der Waals surface area contributed by atoms with Crippen molar-refractivity contribution in [1.29, 1.82) is 0 Å². The van der Waals surface area contributed by atoms with Gasteiger partial charge >= 0.3 is 0 Å². The van der Waals surface area contributed by atoms with E-state index in [-0.39, 0.29) is 0 Å². The van der Waals surface area contributed by atoms with Gasteiger partial charge in [-0.2, -0.15) is 0 Å². The highest BCUT2D eigenvalue weighted by Crippen LogP contribution is 2.23. The maximum Gasteiger partial charge on any atom is 0.0825 e. The summed E-state index contributed by atoms with van der Waals surface area (Å²) in [4.78, 5) is 0. The molecular weight excluding hydrogens is 276 g/mol. The fourth-order valence-corrected chi connectivity index (χ4v) is 1.73. The van der Waals surface area contributed by atoms with Gasteiger partial charge in [0, 0.05) is 0 Å². The molecule has 0 saturated heterocycles. The molecule has 0 radical (unpaired) electrons. The summed E-state index contributed by atoms with van der Waals surface area (Å²) >= 11 is 3.08. The summed E-state index contributed by atoms with van der Waals surface area (Å²) in [7, 11) is 1.12. The molecule has 0 nitrogen and oxygen atoms in total. The van der Waals surface area contributed by atoms with Gasteiger partial charge in [0.25, 0.3) is 0 Å². The third-order valence-corrected chi connectivity index (χ3v) is 2.48. The van der Waals surface area contributed by atoms with Gasteiger partial charge in [0.1, 0.15) is 0 Å². The molecule has 2 heteroatoms. The van der Waals surface area contributed by atoms with Gasteiger partial charge in [0.2, 0.25) is 0 Å². The van der Waals surface area contributed by atoms with Crippen molar-refractivity contribution in [3.8, 4) is 11.1 Å². The van der Waals surface area contributed by atoms with Gasteiger partial charge in [-0.05, 0) is 23.1 Å². The van der Waals surface area contributed by atoms with Crippen molar-refractivity contribution in [3.05, 3.63) is 60.2 Å². The van der Waals surface area contributed by atoms with Gasteiger partial charge in [-0.1, -0.05) is 61.5 Å². The molecule has 84 valence electrons. The molecule has 0 bridgehead atoms. The number of aryl methyl sites for hydroxylation is 1. The van der Waals surface area contributed by atoms with Gasteiger partial charge in [-0.15, -0.1) is 15.3 Å². The van der Waals surface area contributed by atoms with Gasteiger partial charge in [-0.25, -0.2) is 0 Å². The van der Waals surface area contributed by atoms with Crippen LogP contribution in [0.4, 0.5) is 0 Å². The molecule has 2 aromatic rings. The summed E-state index contributed by atoms with van der Waals surface area (Å²) in [6, 6.07) is 19.1. The fraction of sp³-hybridized carbons (Fsp3) is 0.143. The van der Waals surface area contributed by atoms with Crippen molar-refractivity contribution in [1.82, 2.24) is 0 Å². The minimum absolute atomic E-state index is 1.09. The van der Waals surface area contributed by atoms with E-state index in [0.717, 1.165) is 15.3 Å². The Morgan fingerprint density at radius 3 is 2.06 bits per heavy atom. The molecule has 0 fully saturated rings. The highest BCUT2D eigenvalue weighted by Gasteiger charge is 2.00. The monoisotopic (exact) mass is 292 g/mol. The summed E-state index contributed by atoms with van der Waals surface area (Å²) < 4.78 is 0. The third kappa shape index (κ3) is 3.32. The molecule has 2 rings (SSSR count). The minimum atomic E-state index is 1.09. The lowest BCUT2D eigenvalue weighted by atomic mass is 9.98. The minimum Gasteiger partial charge on any atom is -0.140 e. The van der Waals surface area contributed by atoms with Crippen molar-refractivity contribution in [2.45, 2.75) is 13.3 Å². The van der Waals surface area contributed by atoms with Crippen LogP contribution in [-0.2, 0) is 6.42 Å². The predicted octanol–water partition coefficient (Wildman–Crippen LogP) is 3.58. The molecule has 16 heavy (non-hydrogen) atoms. The second kappa shape index (κ2) is 7.42. The van der Waals surface area contributed by atoms with E-state index in [1.807, 2.05) is 0 Å². The Labute approximate surface area is 109 Å². The normalized spacial score (nSPS) is 9.38. The van der Waals surface area contributed by atoms with Crippen molar-refractivity contribution in [2.75, 3.05) is 0 Å².